The quantitative estimate of drug-likeness (QED) is 0.459. The van der Waals surface area contributed by atoms with Crippen molar-refractivity contribution in [2.24, 2.45) is 0 Å². The number of anilines is 2. The Labute approximate surface area is 171 Å². The van der Waals surface area contributed by atoms with Crippen LogP contribution in [0.2, 0.25) is 0 Å². The first-order valence-corrected chi connectivity index (χ1v) is 9.92. The highest BCUT2D eigenvalue weighted by molar-refractivity contribution is 5.80. The van der Waals surface area contributed by atoms with E-state index in [2.05, 4.69) is 44.5 Å². The summed E-state index contributed by atoms with van der Waals surface area (Å²) in [6.07, 6.45) is 4.97. The van der Waals surface area contributed by atoms with Crippen molar-refractivity contribution in [2.45, 2.75) is 25.9 Å². The van der Waals surface area contributed by atoms with Crippen molar-refractivity contribution in [2.75, 3.05) is 50.7 Å². The molecule has 156 valence electrons. The van der Waals surface area contributed by atoms with E-state index in [0.717, 1.165) is 18.5 Å². The second-order valence-electron chi connectivity index (χ2n) is 7.01. The van der Waals surface area contributed by atoms with Gasteiger partial charge >= 0.3 is 6.01 Å². The molecule has 0 aliphatic carbocycles. The summed E-state index contributed by atoms with van der Waals surface area (Å²) in [6.45, 7) is 4.53. The topological polar surface area (TPSA) is 79.8 Å². The molecule has 3 rings (SSSR count). The maximum atomic E-state index is 11.8. The molecule has 1 fully saturated rings. The van der Waals surface area contributed by atoms with E-state index in [1.807, 2.05) is 0 Å². The van der Waals surface area contributed by atoms with Crippen LogP contribution in [0, 0.1) is 0 Å². The summed E-state index contributed by atoms with van der Waals surface area (Å²) < 4.78 is 10.5. The van der Waals surface area contributed by atoms with Crippen molar-refractivity contribution < 1.29 is 14.3 Å². The van der Waals surface area contributed by atoms with Gasteiger partial charge in [-0.15, -0.1) is 0 Å². The number of likely N-dealkylation sites (tertiary alicyclic amines) is 1. The number of ether oxygens (including phenoxy) is 2. The monoisotopic (exact) mass is 399 g/mol. The lowest BCUT2D eigenvalue weighted by atomic mass is 10.1. The molecule has 2 heterocycles. The molecular formula is C21H29N5O3. The molecule has 0 bridgehead atoms. The summed E-state index contributed by atoms with van der Waals surface area (Å²) in [5.41, 5.74) is 2.98. The highest BCUT2D eigenvalue weighted by Crippen LogP contribution is 2.25. The van der Waals surface area contributed by atoms with Gasteiger partial charge in [0, 0.05) is 20.7 Å². The van der Waals surface area contributed by atoms with E-state index in [1.54, 1.807) is 25.3 Å². The Morgan fingerprint density at radius 1 is 1.17 bits per heavy atom. The second kappa shape index (κ2) is 10.7. The van der Waals surface area contributed by atoms with Crippen LogP contribution < -0.4 is 15.0 Å². The number of carbonyl (C=O) groups is 1. The SMILES string of the molecule is CNc1cnc(OCCOC)nc1N(C=O)Cc1ccc(CN2CCCC2)cc1. The number of methoxy groups -OCH3 is 1. The summed E-state index contributed by atoms with van der Waals surface area (Å²) in [6, 6.07) is 8.61. The van der Waals surface area contributed by atoms with Gasteiger partial charge in [-0.05, 0) is 37.1 Å². The number of rotatable bonds is 11. The van der Waals surface area contributed by atoms with Gasteiger partial charge in [-0.2, -0.15) is 4.98 Å². The zero-order chi connectivity index (χ0) is 20.5. The fourth-order valence-corrected chi connectivity index (χ4v) is 3.35. The molecule has 1 N–H and O–H groups in total. The number of amides is 1. The van der Waals surface area contributed by atoms with Crippen LogP contribution in [0.15, 0.2) is 30.5 Å². The van der Waals surface area contributed by atoms with Crippen LogP contribution in [0.1, 0.15) is 24.0 Å². The average Bonchev–Trinajstić information content (AvgIpc) is 3.26. The van der Waals surface area contributed by atoms with Gasteiger partial charge in [0.25, 0.3) is 0 Å². The van der Waals surface area contributed by atoms with Gasteiger partial charge < -0.3 is 14.8 Å². The van der Waals surface area contributed by atoms with E-state index >= 15 is 0 Å². The molecule has 1 aromatic heterocycles. The third-order valence-electron chi connectivity index (χ3n) is 4.91. The van der Waals surface area contributed by atoms with Crippen molar-refractivity contribution in [1.82, 2.24) is 14.9 Å². The second-order valence-corrected chi connectivity index (χ2v) is 7.01. The molecule has 2 aromatic rings. The zero-order valence-corrected chi connectivity index (χ0v) is 17.1. The summed E-state index contributed by atoms with van der Waals surface area (Å²) in [7, 11) is 3.37. The van der Waals surface area contributed by atoms with Crippen molar-refractivity contribution in [1.29, 1.82) is 0 Å². The highest BCUT2D eigenvalue weighted by atomic mass is 16.5. The zero-order valence-electron chi connectivity index (χ0n) is 17.1. The van der Waals surface area contributed by atoms with Crippen molar-refractivity contribution in [3.8, 4) is 6.01 Å². The van der Waals surface area contributed by atoms with Gasteiger partial charge in [0.15, 0.2) is 5.82 Å². The molecule has 1 aromatic carbocycles. The fraction of sp³-hybridized carbons (Fsp3) is 0.476. The van der Waals surface area contributed by atoms with E-state index in [-0.39, 0.29) is 6.01 Å². The van der Waals surface area contributed by atoms with E-state index in [9.17, 15) is 4.79 Å². The maximum absolute atomic E-state index is 11.8. The third kappa shape index (κ3) is 5.88. The van der Waals surface area contributed by atoms with Gasteiger partial charge in [-0.25, -0.2) is 4.98 Å². The van der Waals surface area contributed by atoms with Crippen LogP contribution in [0.3, 0.4) is 0 Å². The van der Waals surface area contributed by atoms with Gasteiger partial charge in [0.1, 0.15) is 6.61 Å². The predicted molar refractivity (Wildman–Crippen MR) is 112 cm³/mol. The number of carbonyl (C=O) groups excluding carboxylic acids is 1. The van der Waals surface area contributed by atoms with Gasteiger partial charge in [0.05, 0.1) is 25.0 Å². The molecule has 0 saturated carbocycles. The molecule has 0 atom stereocenters. The lowest BCUT2D eigenvalue weighted by Crippen LogP contribution is -2.23. The molecule has 1 aliphatic rings. The Kier molecular flexibility index (Phi) is 7.77. The molecule has 29 heavy (non-hydrogen) atoms. The minimum absolute atomic E-state index is 0.212. The minimum atomic E-state index is 0.212. The average molecular weight is 399 g/mol. The minimum Gasteiger partial charge on any atom is -0.461 e. The Morgan fingerprint density at radius 3 is 2.55 bits per heavy atom. The van der Waals surface area contributed by atoms with Crippen LogP contribution >= 0.6 is 0 Å². The number of nitrogens with one attached hydrogen (secondary N) is 1. The van der Waals surface area contributed by atoms with E-state index in [1.165, 1.54) is 31.5 Å². The summed E-state index contributed by atoms with van der Waals surface area (Å²) in [5.74, 6) is 0.478. The molecule has 0 unspecified atom stereocenters. The Balaban J connectivity index is 1.69. The van der Waals surface area contributed by atoms with Crippen molar-refractivity contribution in [3.05, 3.63) is 41.6 Å². The van der Waals surface area contributed by atoms with E-state index in [0.29, 0.717) is 31.3 Å². The van der Waals surface area contributed by atoms with Crippen LogP contribution in [0.5, 0.6) is 6.01 Å². The standard InChI is InChI=1S/C21H29N5O3/c1-22-19-13-23-21(29-12-11-28-2)24-20(19)26(16-27)15-18-7-5-17(6-8-18)14-25-9-3-4-10-25/h5-8,13,16,22H,3-4,9-12,14-15H2,1-2H3. The largest absolute Gasteiger partial charge is 0.461 e. The first-order valence-electron chi connectivity index (χ1n) is 9.92. The number of hydrogen-bond donors (Lipinski definition) is 1. The molecule has 1 amide bonds. The number of nitrogens with zero attached hydrogens (tertiary/aromatic N) is 4. The first kappa shape index (κ1) is 21.0. The first-order chi connectivity index (χ1) is 14.2. The maximum Gasteiger partial charge on any atom is 0.318 e. The summed E-state index contributed by atoms with van der Waals surface area (Å²) in [5, 5.41) is 3.03. The van der Waals surface area contributed by atoms with Crippen molar-refractivity contribution >= 4 is 17.9 Å². The lowest BCUT2D eigenvalue weighted by Gasteiger charge is -2.20. The van der Waals surface area contributed by atoms with Crippen LogP contribution in [-0.2, 0) is 22.6 Å². The smallest absolute Gasteiger partial charge is 0.318 e. The van der Waals surface area contributed by atoms with Gasteiger partial charge in [0.2, 0.25) is 6.41 Å². The molecule has 1 saturated heterocycles. The molecule has 0 radical (unpaired) electrons. The van der Waals surface area contributed by atoms with Gasteiger partial charge in [-0.3, -0.25) is 14.6 Å². The van der Waals surface area contributed by atoms with Crippen LogP contribution in [-0.4, -0.2) is 61.7 Å². The van der Waals surface area contributed by atoms with Gasteiger partial charge in [-0.1, -0.05) is 24.3 Å². The number of benzene rings is 1. The molecule has 0 spiro atoms. The number of hydrogen-bond acceptors (Lipinski definition) is 7. The molecule has 8 nitrogen and oxygen atoms in total. The highest BCUT2D eigenvalue weighted by Gasteiger charge is 2.16. The van der Waals surface area contributed by atoms with E-state index in [4.69, 9.17) is 9.47 Å². The third-order valence-corrected chi connectivity index (χ3v) is 4.91. The lowest BCUT2D eigenvalue weighted by molar-refractivity contribution is -0.107. The fourth-order valence-electron chi connectivity index (χ4n) is 3.35. The van der Waals surface area contributed by atoms with Crippen molar-refractivity contribution in [3.63, 3.8) is 0 Å². The Hall–Kier alpha value is -2.71. The molecule has 1 aliphatic heterocycles. The van der Waals surface area contributed by atoms with Crippen LogP contribution in [0.25, 0.3) is 0 Å². The molecular weight excluding hydrogens is 370 g/mol. The summed E-state index contributed by atoms with van der Waals surface area (Å²) >= 11 is 0. The molecule has 8 heteroatoms. The Morgan fingerprint density at radius 2 is 1.90 bits per heavy atom. The predicted octanol–water partition coefficient (Wildman–Crippen LogP) is 2.30. The van der Waals surface area contributed by atoms with E-state index < -0.39 is 0 Å². The van der Waals surface area contributed by atoms with Crippen LogP contribution in [0.4, 0.5) is 11.5 Å². The number of aromatic nitrogens is 2. The normalized spacial score (nSPS) is 14.0. The Bertz CT molecular complexity index is 778. The summed E-state index contributed by atoms with van der Waals surface area (Å²) in [4.78, 5) is 24.4.